The SMILES string of the molecule is C=C[C@@]1(C)CC[C@@H]2[C@@]3(C)C=CC(=O)C(C)(C)[C@@H]3CC(=O)[C@@]2(C)O1. The van der Waals surface area contributed by atoms with Crippen LogP contribution in [-0.4, -0.2) is 22.8 Å². The molecule has 1 saturated heterocycles. The molecule has 2 fully saturated rings. The molecule has 0 spiro atoms. The second-order valence-electron chi connectivity index (χ2n) is 8.78. The monoisotopic (exact) mass is 316 g/mol. The van der Waals surface area contributed by atoms with Crippen molar-refractivity contribution in [2.75, 3.05) is 0 Å². The number of fused-ring (bicyclic) bond motifs is 3. The van der Waals surface area contributed by atoms with Crippen molar-refractivity contribution in [1.82, 2.24) is 0 Å². The molecule has 0 amide bonds. The number of ketones is 2. The van der Waals surface area contributed by atoms with Gasteiger partial charge in [0.15, 0.2) is 11.6 Å². The zero-order valence-electron chi connectivity index (χ0n) is 14.9. The molecule has 3 aliphatic rings. The third-order valence-electron chi connectivity index (χ3n) is 7.02. The molecular formula is C20H28O3. The van der Waals surface area contributed by atoms with Crippen LogP contribution < -0.4 is 0 Å². The summed E-state index contributed by atoms with van der Waals surface area (Å²) in [5.74, 6) is 0.394. The van der Waals surface area contributed by atoms with Crippen LogP contribution in [0.15, 0.2) is 24.8 Å². The van der Waals surface area contributed by atoms with Gasteiger partial charge in [0.25, 0.3) is 0 Å². The first-order chi connectivity index (χ1) is 10.5. The van der Waals surface area contributed by atoms with Crippen molar-refractivity contribution in [2.24, 2.45) is 22.7 Å². The number of rotatable bonds is 1. The number of allylic oxidation sites excluding steroid dienone is 2. The molecule has 23 heavy (non-hydrogen) atoms. The highest BCUT2D eigenvalue weighted by Crippen LogP contribution is 2.62. The van der Waals surface area contributed by atoms with Crippen molar-refractivity contribution in [3.05, 3.63) is 24.8 Å². The molecule has 0 aromatic heterocycles. The molecular weight excluding hydrogens is 288 g/mol. The number of carbonyl (C=O) groups is 2. The molecule has 1 heterocycles. The molecule has 0 aromatic rings. The molecule has 1 aliphatic heterocycles. The van der Waals surface area contributed by atoms with Crippen LogP contribution in [0, 0.1) is 22.7 Å². The fourth-order valence-electron chi connectivity index (χ4n) is 5.37. The third kappa shape index (κ3) is 2.05. The van der Waals surface area contributed by atoms with E-state index in [9.17, 15) is 9.59 Å². The van der Waals surface area contributed by atoms with Gasteiger partial charge in [-0.1, -0.05) is 32.9 Å². The van der Waals surface area contributed by atoms with Crippen molar-refractivity contribution in [2.45, 2.75) is 65.1 Å². The van der Waals surface area contributed by atoms with Crippen LogP contribution in [-0.2, 0) is 14.3 Å². The fourth-order valence-corrected chi connectivity index (χ4v) is 5.37. The Labute approximate surface area is 139 Å². The Kier molecular flexibility index (Phi) is 3.37. The minimum atomic E-state index is -0.798. The molecule has 0 bridgehead atoms. The van der Waals surface area contributed by atoms with Crippen molar-refractivity contribution >= 4 is 11.6 Å². The van der Waals surface area contributed by atoms with Crippen LogP contribution in [0.5, 0.6) is 0 Å². The van der Waals surface area contributed by atoms with Crippen LogP contribution in [0.25, 0.3) is 0 Å². The molecule has 1 saturated carbocycles. The number of hydrogen-bond donors (Lipinski definition) is 0. The van der Waals surface area contributed by atoms with Crippen molar-refractivity contribution in [3.63, 3.8) is 0 Å². The molecule has 0 unspecified atom stereocenters. The topological polar surface area (TPSA) is 43.4 Å². The summed E-state index contributed by atoms with van der Waals surface area (Å²) in [5.41, 5.74) is -1.94. The first kappa shape index (κ1) is 16.6. The van der Waals surface area contributed by atoms with Gasteiger partial charge in [-0.25, -0.2) is 0 Å². The van der Waals surface area contributed by atoms with Gasteiger partial charge < -0.3 is 4.74 Å². The molecule has 2 aliphatic carbocycles. The third-order valence-corrected chi connectivity index (χ3v) is 7.02. The highest BCUT2D eigenvalue weighted by Gasteiger charge is 2.65. The number of hydrogen-bond acceptors (Lipinski definition) is 3. The zero-order chi connectivity index (χ0) is 17.3. The first-order valence-electron chi connectivity index (χ1n) is 8.60. The normalized spacial score (nSPS) is 48.6. The molecule has 3 heteroatoms. The van der Waals surface area contributed by atoms with E-state index in [1.54, 1.807) is 6.08 Å². The maximum atomic E-state index is 13.1. The van der Waals surface area contributed by atoms with Gasteiger partial charge in [0.2, 0.25) is 0 Å². The molecule has 0 N–H and O–H groups in total. The lowest BCUT2D eigenvalue weighted by Gasteiger charge is -2.61. The van der Waals surface area contributed by atoms with Crippen LogP contribution >= 0.6 is 0 Å². The van der Waals surface area contributed by atoms with Gasteiger partial charge >= 0.3 is 0 Å². The second-order valence-corrected chi connectivity index (χ2v) is 8.78. The maximum absolute atomic E-state index is 13.1. The van der Waals surface area contributed by atoms with Crippen LogP contribution in [0.3, 0.4) is 0 Å². The van der Waals surface area contributed by atoms with E-state index in [1.165, 1.54) is 0 Å². The number of carbonyl (C=O) groups excluding carboxylic acids is 2. The van der Waals surface area contributed by atoms with E-state index < -0.39 is 16.6 Å². The van der Waals surface area contributed by atoms with Gasteiger partial charge in [-0.15, -0.1) is 6.58 Å². The smallest absolute Gasteiger partial charge is 0.165 e. The van der Waals surface area contributed by atoms with E-state index in [-0.39, 0.29) is 28.8 Å². The van der Waals surface area contributed by atoms with Crippen molar-refractivity contribution in [1.29, 1.82) is 0 Å². The van der Waals surface area contributed by atoms with Gasteiger partial charge in [0.05, 0.1) is 5.60 Å². The van der Waals surface area contributed by atoms with E-state index in [0.29, 0.717) is 6.42 Å². The highest BCUT2D eigenvalue weighted by molar-refractivity contribution is 5.98. The van der Waals surface area contributed by atoms with E-state index in [1.807, 2.05) is 33.8 Å². The van der Waals surface area contributed by atoms with Crippen molar-refractivity contribution < 1.29 is 14.3 Å². The van der Waals surface area contributed by atoms with Crippen molar-refractivity contribution in [3.8, 4) is 0 Å². The fraction of sp³-hybridized carbons (Fsp3) is 0.700. The summed E-state index contributed by atoms with van der Waals surface area (Å²) in [6, 6.07) is 0. The first-order valence-corrected chi connectivity index (χ1v) is 8.60. The lowest BCUT2D eigenvalue weighted by Crippen LogP contribution is -2.66. The van der Waals surface area contributed by atoms with Crippen LogP contribution in [0.2, 0.25) is 0 Å². The minimum Gasteiger partial charge on any atom is -0.357 e. The van der Waals surface area contributed by atoms with Gasteiger partial charge in [-0.05, 0) is 44.1 Å². The Morgan fingerprint density at radius 3 is 2.43 bits per heavy atom. The Morgan fingerprint density at radius 1 is 1.17 bits per heavy atom. The number of Topliss-reactive ketones (excluding diaryl/α,β-unsaturated/α-hetero) is 1. The molecule has 3 rings (SSSR count). The summed E-state index contributed by atoms with van der Waals surface area (Å²) in [7, 11) is 0. The Morgan fingerprint density at radius 2 is 1.83 bits per heavy atom. The summed E-state index contributed by atoms with van der Waals surface area (Å²) in [5, 5.41) is 0. The largest absolute Gasteiger partial charge is 0.357 e. The van der Waals surface area contributed by atoms with Gasteiger partial charge in [0.1, 0.15) is 5.60 Å². The predicted octanol–water partition coefficient (Wildman–Crippen LogP) is 3.88. The van der Waals surface area contributed by atoms with Gasteiger partial charge in [-0.2, -0.15) is 0 Å². The van der Waals surface area contributed by atoms with E-state index >= 15 is 0 Å². The Balaban J connectivity index is 2.10. The number of ether oxygens (including phenoxy) is 1. The average Bonchev–Trinajstić information content (AvgIpc) is 2.47. The summed E-state index contributed by atoms with van der Waals surface area (Å²) >= 11 is 0. The van der Waals surface area contributed by atoms with Crippen LogP contribution in [0.1, 0.15) is 53.9 Å². The highest BCUT2D eigenvalue weighted by atomic mass is 16.5. The average molecular weight is 316 g/mol. The summed E-state index contributed by atoms with van der Waals surface area (Å²) in [6.07, 6.45) is 7.77. The lowest BCUT2D eigenvalue weighted by atomic mass is 9.46. The lowest BCUT2D eigenvalue weighted by molar-refractivity contribution is -0.225. The van der Waals surface area contributed by atoms with E-state index in [2.05, 4.69) is 19.6 Å². The predicted molar refractivity (Wildman–Crippen MR) is 90.0 cm³/mol. The molecule has 0 radical (unpaired) electrons. The molecule has 5 atom stereocenters. The zero-order valence-corrected chi connectivity index (χ0v) is 14.9. The van der Waals surface area contributed by atoms with E-state index in [0.717, 1.165) is 12.8 Å². The standard InChI is InChI=1S/C20H28O3/c1-7-18(4)10-8-13-19(5)11-9-15(21)17(2,3)14(19)12-16(22)20(13,6)23-18/h7,9,11,13-14H,1,8,10,12H2,2-6H3/t13-,14+,18+,19-,20+/m1/s1. The van der Waals surface area contributed by atoms with E-state index in [4.69, 9.17) is 4.74 Å². The quantitative estimate of drug-likeness (QED) is 0.690. The Hall–Kier alpha value is -1.22. The summed E-state index contributed by atoms with van der Waals surface area (Å²) < 4.78 is 6.35. The summed E-state index contributed by atoms with van der Waals surface area (Å²) in [6.45, 7) is 14.0. The maximum Gasteiger partial charge on any atom is 0.165 e. The van der Waals surface area contributed by atoms with Crippen LogP contribution in [0.4, 0.5) is 0 Å². The molecule has 126 valence electrons. The minimum absolute atomic E-state index is 0.0368. The van der Waals surface area contributed by atoms with Gasteiger partial charge in [-0.3, -0.25) is 9.59 Å². The van der Waals surface area contributed by atoms with Gasteiger partial charge in [0, 0.05) is 17.8 Å². The summed E-state index contributed by atoms with van der Waals surface area (Å²) in [4.78, 5) is 25.4. The Bertz CT molecular complexity index is 616. The molecule has 0 aromatic carbocycles. The molecule has 3 nitrogen and oxygen atoms in total. The second kappa shape index (κ2) is 4.66.